The van der Waals surface area contributed by atoms with Crippen LogP contribution in [0.1, 0.15) is 60.4 Å². The van der Waals surface area contributed by atoms with Crippen LogP contribution in [0.3, 0.4) is 0 Å². The van der Waals surface area contributed by atoms with Crippen LogP contribution < -0.4 is 5.73 Å². The Balaban J connectivity index is 2.12. The number of rotatable bonds is 3. The van der Waals surface area contributed by atoms with Crippen LogP contribution in [0.2, 0.25) is 0 Å². The van der Waals surface area contributed by atoms with E-state index in [0.29, 0.717) is 0 Å². The summed E-state index contributed by atoms with van der Waals surface area (Å²) in [7, 11) is 0. The maximum atomic E-state index is 6.39. The molecule has 1 aliphatic rings. The quantitative estimate of drug-likeness (QED) is 0.829. The second-order valence-electron chi connectivity index (χ2n) is 5.79. The molecule has 0 heterocycles. The van der Waals surface area contributed by atoms with E-state index in [1.807, 2.05) is 0 Å². The van der Waals surface area contributed by atoms with Crippen LogP contribution in [-0.4, -0.2) is 0 Å². The standard InChI is InChI=1S/C16H25N/c1-11-8-13(3)15(9-12(11)2)16(17)10-14-6-4-5-7-14/h8-9,14,16H,4-7,10,17H2,1-3H3. The highest BCUT2D eigenvalue weighted by Crippen LogP contribution is 2.33. The summed E-state index contributed by atoms with van der Waals surface area (Å²) in [5, 5.41) is 0. The second-order valence-corrected chi connectivity index (χ2v) is 5.79. The van der Waals surface area contributed by atoms with E-state index in [4.69, 9.17) is 5.73 Å². The molecule has 1 aromatic rings. The van der Waals surface area contributed by atoms with Gasteiger partial charge < -0.3 is 5.73 Å². The molecule has 1 fully saturated rings. The average molecular weight is 231 g/mol. The first-order valence-electron chi connectivity index (χ1n) is 6.91. The summed E-state index contributed by atoms with van der Waals surface area (Å²) in [6.07, 6.45) is 6.76. The monoisotopic (exact) mass is 231 g/mol. The number of benzene rings is 1. The Kier molecular flexibility index (Phi) is 3.88. The molecule has 1 nitrogen and oxygen atoms in total. The zero-order valence-corrected chi connectivity index (χ0v) is 11.4. The molecular formula is C16H25N. The van der Waals surface area contributed by atoms with Crippen molar-refractivity contribution in [2.24, 2.45) is 11.7 Å². The predicted molar refractivity (Wildman–Crippen MR) is 74.2 cm³/mol. The van der Waals surface area contributed by atoms with Crippen molar-refractivity contribution in [2.45, 2.75) is 58.9 Å². The van der Waals surface area contributed by atoms with E-state index in [2.05, 4.69) is 32.9 Å². The van der Waals surface area contributed by atoms with E-state index in [-0.39, 0.29) is 6.04 Å². The summed E-state index contributed by atoms with van der Waals surface area (Å²) < 4.78 is 0. The first-order valence-corrected chi connectivity index (χ1v) is 6.91. The van der Waals surface area contributed by atoms with E-state index < -0.39 is 0 Å². The minimum absolute atomic E-state index is 0.234. The third kappa shape index (κ3) is 2.90. The molecule has 2 N–H and O–H groups in total. The van der Waals surface area contributed by atoms with Crippen molar-refractivity contribution >= 4 is 0 Å². The molecule has 17 heavy (non-hydrogen) atoms. The molecule has 0 amide bonds. The van der Waals surface area contributed by atoms with Crippen LogP contribution >= 0.6 is 0 Å². The maximum Gasteiger partial charge on any atom is 0.0300 e. The minimum Gasteiger partial charge on any atom is -0.324 e. The van der Waals surface area contributed by atoms with Crippen LogP contribution in [0.5, 0.6) is 0 Å². The van der Waals surface area contributed by atoms with Gasteiger partial charge in [0.2, 0.25) is 0 Å². The number of aryl methyl sites for hydroxylation is 3. The summed E-state index contributed by atoms with van der Waals surface area (Å²) >= 11 is 0. The molecule has 1 saturated carbocycles. The van der Waals surface area contributed by atoms with Crippen molar-refractivity contribution < 1.29 is 0 Å². The molecule has 1 atom stereocenters. The van der Waals surface area contributed by atoms with E-state index in [0.717, 1.165) is 5.92 Å². The van der Waals surface area contributed by atoms with Crippen LogP contribution in [0.25, 0.3) is 0 Å². The minimum atomic E-state index is 0.234. The van der Waals surface area contributed by atoms with Crippen molar-refractivity contribution in [3.63, 3.8) is 0 Å². The number of hydrogen-bond acceptors (Lipinski definition) is 1. The Morgan fingerprint density at radius 1 is 1.06 bits per heavy atom. The highest BCUT2D eigenvalue weighted by Gasteiger charge is 2.20. The maximum absolute atomic E-state index is 6.39. The summed E-state index contributed by atoms with van der Waals surface area (Å²) in [5.74, 6) is 0.867. The fraction of sp³-hybridized carbons (Fsp3) is 0.625. The molecule has 0 aromatic heterocycles. The number of nitrogens with two attached hydrogens (primary N) is 1. The van der Waals surface area contributed by atoms with Gasteiger partial charge in [-0.1, -0.05) is 37.8 Å². The van der Waals surface area contributed by atoms with Crippen molar-refractivity contribution in [3.8, 4) is 0 Å². The van der Waals surface area contributed by atoms with Crippen molar-refractivity contribution in [1.29, 1.82) is 0 Å². The molecule has 0 aliphatic heterocycles. The smallest absolute Gasteiger partial charge is 0.0300 e. The van der Waals surface area contributed by atoms with Crippen LogP contribution in [0, 0.1) is 26.7 Å². The first kappa shape index (κ1) is 12.6. The zero-order valence-electron chi connectivity index (χ0n) is 11.4. The van der Waals surface area contributed by atoms with Gasteiger partial charge in [0.15, 0.2) is 0 Å². The Morgan fingerprint density at radius 2 is 1.65 bits per heavy atom. The molecule has 1 unspecified atom stereocenters. The highest BCUT2D eigenvalue weighted by molar-refractivity contribution is 5.38. The fourth-order valence-corrected chi connectivity index (χ4v) is 3.11. The molecule has 1 aliphatic carbocycles. The average Bonchev–Trinajstić information content (AvgIpc) is 2.76. The molecule has 0 radical (unpaired) electrons. The molecule has 0 spiro atoms. The van der Waals surface area contributed by atoms with Gasteiger partial charge in [-0.3, -0.25) is 0 Å². The van der Waals surface area contributed by atoms with Gasteiger partial charge >= 0.3 is 0 Å². The van der Waals surface area contributed by atoms with Crippen molar-refractivity contribution in [1.82, 2.24) is 0 Å². The number of hydrogen-bond donors (Lipinski definition) is 1. The van der Waals surface area contributed by atoms with Gasteiger partial charge in [0, 0.05) is 6.04 Å². The lowest BCUT2D eigenvalue weighted by Gasteiger charge is -2.20. The van der Waals surface area contributed by atoms with Gasteiger partial charge in [0.05, 0.1) is 0 Å². The summed E-state index contributed by atoms with van der Waals surface area (Å²) in [5.41, 5.74) is 11.9. The second kappa shape index (κ2) is 5.22. The Labute approximate surface area is 105 Å². The molecule has 0 bridgehead atoms. The van der Waals surface area contributed by atoms with Crippen molar-refractivity contribution in [3.05, 3.63) is 34.4 Å². The third-order valence-corrected chi connectivity index (χ3v) is 4.34. The van der Waals surface area contributed by atoms with Gasteiger partial charge in [-0.2, -0.15) is 0 Å². The zero-order chi connectivity index (χ0) is 12.4. The lowest BCUT2D eigenvalue weighted by Crippen LogP contribution is -2.15. The SMILES string of the molecule is Cc1cc(C)c(C(N)CC2CCCC2)cc1C. The van der Waals surface area contributed by atoms with Gasteiger partial charge in [-0.05, 0) is 55.4 Å². The third-order valence-electron chi connectivity index (χ3n) is 4.34. The van der Waals surface area contributed by atoms with Gasteiger partial charge in [-0.25, -0.2) is 0 Å². The Bertz CT molecular complexity index is 389. The molecule has 94 valence electrons. The predicted octanol–water partition coefficient (Wildman–Crippen LogP) is 4.19. The molecule has 1 aromatic carbocycles. The molecular weight excluding hydrogens is 206 g/mol. The van der Waals surface area contributed by atoms with Gasteiger partial charge in [-0.15, -0.1) is 0 Å². The highest BCUT2D eigenvalue weighted by atomic mass is 14.6. The van der Waals surface area contributed by atoms with E-state index in [9.17, 15) is 0 Å². The normalized spacial score (nSPS) is 18.6. The summed E-state index contributed by atoms with van der Waals surface area (Å²) in [6.45, 7) is 6.55. The van der Waals surface area contributed by atoms with E-state index >= 15 is 0 Å². The van der Waals surface area contributed by atoms with Gasteiger partial charge in [0.25, 0.3) is 0 Å². The molecule has 2 rings (SSSR count). The molecule has 0 saturated heterocycles. The van der Waals surface area contributed by atoms with Crippen molar-refractivity contribution in [2.75, 3.05) is 0 Å². The lowest BCUT2D eigenvalue weighted by atomic mass is 9.90. The van der Waals surface area contributed by atoms with E-state index in [1.165, 1.54) is 54.4 Å². The van der Waals surface area contributed by atoms with Gasteiger partial charge in [0.1, 0.15) is 0 Å². The lowest BCUT2D eigenvalue weighted by molar-refractivity contribution is 0.450. The fourth-order valence-electron chi connectivity index (χ4n) is 3.11. The van der Waals surface area contributed by atoms with Crippen LogP contribution in [0.15, 0.2) is 12.1 Å². The van der Waals surface area contributed by atoms with Crippen LogP contribution in [0.4, 0.5) is 0 Å². The summed E-state index contributed by atoms with van der Waals surface area (Å²) in [6, 6.07) is 4.81. The summed E-state index contributed by atoms with van der Waals surface area (Å²) in [4.78, 5) is 0. The Morgan fingerprint density at radius 3 is 2.29 bits per heavy atom. The Hall–Kier alpha value is -0.820. The van der Waals surface area contributed by atoms with Crippen LogP contribution in [-0.2, 0) is 0 Å². The van der Waals surface area contributed by atoms with E-state index in [1.54, 1.807) is 0 Å². The first-order chi connectivity index (χ1) is 8.08. The largest absolute Gasteiger partial charge is 0.324 e. The topological polar surface area (TPSA) is 26.0 Å². The molecule has 1 heteroatoms.